The smallest absolute Gasteiger partial charge is 0.122 e. The summed E-state index contributed by atoms with van der Waals surface area (Å²) < 4.78 is 4.86. The van der Waals surface area contributed by atoms with Gasteiger partial charge in [-0.05, 0) is 23.3 Å². The third-order valence-corrected chi connectivity index (χ3v) is 2.13. The Labute approximate surface area is 84.0 Å². The molecule has 0 amide bonds. The normalized spacial score (nSPS) is 9.79. The van der Waals surface area contributed by atoms with Gasteiger partial charge in [0, 0.05) is 0 Å². The monoisotopic (exact) mass is 183 g/mol. The Morgan fingerprint density at radius 3 is 1.86 bits per heavy atom. The zero-order valence-electron chi connectivity index (χ0n) is 7.81. The molecule has 1 nitrogen and oxygen atoms in total. The molecule has 0 bridgehead atoms. The van der Waals surface area contributed by atoms with E-state index in [9.17, 15) is 0 Å². The van der Waals surface area contributed by atoms with E-state index in [4.69, 9.17) is 4.74 Å². The Hall–Kier alpha value is -1.76. The predicted octanol–water partition coefficient (Wildman–Crippen LogP) is 3.52. The van der Waals surface area contributed by atoms with Gasteiger partial charge in [-0.1, -0.05) is 42.5 Å². The standard InChI is InChI=1S/C13H11O/c1-14-13-9-7-12(8-10-13)11-5-3-2-4-6-11/h2-10H,1H2. The lowest BCUT2D eigenvalue weighted by molar-refractivity contribution is 0.473. The summed E-state index contributed by atoms with van der Waals surface area (Å²) >= 11 is 0. The van der Waals surface area contributed by atoms with E-state index in [1.165, 1.54) is 11.1 Å². The molecule has 0 unspecified atom stereocenters. The molecular weight excluding hydrogens is 172 g/mol. The van der Waals surface area contributed by atoms with Gasteiger partial charge in [0.25, 0.3) is 0 Å². The fraction of sp³-hybridized carbons (Fsp3) is 0. The zero-order valence-corrected chi connectivity index (χ0v) is 7.81. The Morgan fingerprint density at radius 1 is 0.714 bits per heavy atom. The molecule has 0 saturated heterocycles. The molecule has 2 rings (SSSR count). The van der Waals surface area contributed by atoms with Crippen molar-refractivity contribution in [3.63, 3.8) is 0 Å². The van der Waals surface area contributed by atoms with Gasteiger partial charge in [0.1, 0.15) is 12.9 Å². The molecule has 0 spiro atoms. The van der Waals surface area contributed by atoms with Gasteiger partial charge in [0.2, 0.25) is 0 Å². The molecular formula is C13H11O. The maximum atomic E-state index is 4.86. The highest BCUT2D eigenvalue weighted by molar-refractivity contribution is 5.63. The van der Waals surface area contributed by atoms with Crippen LogP contribution in [0.2, 0.25) is 0 Å². The van der Waals surface area contributed by atoms with Gasteiger partial charge in [-0.2, -0.15) is 0 Å². The van der Waals surface area contributed by atoms with Crippen molar-refractivity contribution in [1.82, 2.24) is 0 Å². The molecule has 2 aromatic carbocycles. The summed E-state index contributed by atoms with van der Waals surface area (Å²) in [6.07, 6.45) is 0. The van der Waals surface area contributed by atoms with Crippen LogP contribution < -0.4 is 4.74 Å². The molecule has 0 atom stereocenters. The second-order valence-electron chi connectivity index (χ2n) is 3.03. The largest absolute Gasteiger partial charge is 0.490 e. The van der Waals surface area contributed by atoms with Gasteiger partial charge in [0.05, 0.1) is 0 Å². The summed E-state index contributed by atoms with van der Waals surface area (Å²) in [7, 11) is 3.36. The topological polar surface area (TPSA) is 9.23 Å². The number of rotatable bonds is 2. The van der Waals surface area contributed by atoms with E-state index in [1.54, 1.807) is 0 Å². The van der Waals surface area contributed by atoms with Crippen LogP contribution in [0.4, 0.5) is 0 Å². The first-order valence-corrected chi connectivity index (χ1v) is 4.47. The molecule has 0 fully saturated rings. The number of hydrogen-bond donors (Lipinski definition) is 0. The Kier molecular flexibility index (Phi) is 2.50. The van der Waals surface area contributed by atoms with E-state index in [0.717, 1.165) is 5.75 Å². The molecule has 1 heteroatoms. The first kappa shape index (κ1) is 8.82. The molecule has 69 valence electrons. The Morgan fingerprint density at radius 2 is 1.29 bits per heavy atom. The SMILES string of the molecule is [CH2]Oc1ccc(-c2ccccc2)cc1. The van der Waals surface area contributed by atoms with Gasteiger partial charge in [-0.15, -0.1) is 0 Å². The zero-order chi connectivity index (χ0) is 9.80. The lowest BCUT2D eigenvalue weighted by atomic mass is 10.1. The van der Waals surface area contributed by atoms with E-state index in [2.05, 4.69) is 19.2 Å². The molecule has 1 radical (unpaired) electrons. The number of benzene rings is 2. The predicted molar refractivity (Wildman–Crippen MR) is 57.9 cm³/mol. The molecule has 0 N–H and O–H groups in total. The molecule has 0 aliphatic carbocycles. The molecule has 0 saturated carbocycles. The maximum absolute atomic E-state index is 4.86. The Balaban J connectivity index is 2.34. The van der Waals surface area contributed by atoms with Gasteiger partial charge >= 0.3 is 0 Å². The molecule has 0 aromatic heterocycles. The highest BCUT2D eigenvalue weighted by atomic mass is 16.5. The minimum absolute atomic E-state index is 0.782. The van der Waals surface area contributed by atoms with Crippen LogP contribution in [-0.2, 0) is 0 Å². The van der Waals surface area contributed by atoms with Crippen LogP contribution in [0.5, 0.6) is 5.75 Å². The average Bonchev–Trinajstić information content (AvgIpc) is 2.30. The van der Waals surface area contributed by atoms with Crippen molar-refractivity contribution in [2.75, 3.05) is 0 Å². The molecule has 0 heterocycles. The van der Waals surface area contributed by atoms with Gasteiger partial charge in [-0.3, -0.25) is 0 Å². The van der Waals surface area contributed by atoms with E-state index in [0.29, 0.717) is 0 Å². The highest BCUT2D eigenvalue weighted by Crippen LogP contribution is 2.21. The lowest BCUT2D eigenvalue weighted by Crippen LogP contribution is -1.80. The van der Waals surface area contributed by atoms with Crippen LogP contribution in [0.3, 0.4) is 0 Å². The van der Waals surface area contributed by atoms with Crippen molar-refractivity contribution in [3.05, 3.63) is 61.7 Å². The van der Waals surface area contributed by atoms with E-state index in [-0.39, 0.29) is 0 Å². The summed E-state index contributed by atoms with van der Waals surface area (Å²) in [5, 5.41) is 0. The average molecular weight is 183 g/mol. The summed E-state index contributed by atoms with van der Waals surface area (Å²) in [4.78, 5) is 0. The van der Waals surface area contributed by atoms with Crippen LogP contribution in [0.15, 0.2) is 54.6 Å². The van der Waals surface area contributed by atoms with E-state index in [1.807, 2.05) is 42.5 Å². The lowest BCUT2D eigenvalue weighted by Gasteiger charge is -2.02. The van der Waals surface area contributed by atoms with Gasteiger partial charge < -0.3 is 4.74 Å². The fourth-order valence-corrected chi connectivity index (χ4v) is 1.37. The van der Waals surface area contributed by atoms with Crippen molar-refractivity contribution in [2.24, 2.45) is 0 Å². The van der Waals surface area contributed by atoms with Crippen molar-refractivity contribution >= 4 is 0 Å². The Bertz CT molecular complexity index is 389. The quantitative estimate of drug-likeness (QED) is 0.692. The van der Waals surface area contributed by atoms with Crippen LogP contribution in [0.25, 0.3) is 11.1 Å². The maximum Gasteiger partial charge on any atom is 0.122 e. The summed E-state index contributed by atoms with van der Waals surface area (Å²) in [5.74, 6) is 0.782. The van der Waals surface area contributed by atoms with E-state index >= 15 is 0 Å². The minimum atomic E-state index is 0.782. The van der Waals surface area contributed by atoms with Crippen molar-refractivity contribution in [1.29, 1.82) is 0 Å². The minimum Gasteiger partial charge on any atom is -0.490 e. The number of hydrogen-bond acceptors (Lipinski definition) is 1. The molecule has 14 heavy (non-hydrogen) atoms. The van der Waals surface area contributed by atoms with E-state index < -0.39 is 0 Å². The van der Waals surface area contributed by atoms with Crippen LogP contribution in [0.1, 0.15) is 0 Å². The van der Waals surface area contributed by atoms with Gasteiger partial charge in [-0.25, -0.2) is 0 Å². The van der Waals surface area contributed by atoms with Crippen molar-refractivity contribution in [3.8, 4) is 16.9 Å². The third kappa shape index (κ3) is 1.77. The summed E-state index contributed by atoms with van der Waals surface area (Å²) in [6, 6.07) is 18.1. The van der Waals surface area contributed by atoms with Crippen LogP contribution in [0, 0.1) is 7.11 Å². The second kappa shape index (κ2) is 3.97. The number of ether oxygens (including phenoxy) is 1. The molecule has 0 aliphatic heterocycles. The summed E-state index contributed by atoms with van der Waals surface area (Å²) in [5.41, 5.74) is 2.40. The fourth-order valence-electron chi connectivity index (χ4n) is 1.37. The van der Waals surface area contributed by atoms with Crippen molar-refractivity contribution < 1.29 is 4.74 Å². The second-order valence-corrected chi connectivity index (χ2v) is 3.03. The molecule has 2 aromatic rings. The van der Waals surface area contributed by atoms with Crippen molar-refractivity contribution in [2.45, 2.75) is 0 Å². The summed E-state index contributed by atoms with van der Waals surface area (Å²) in [6.45, 7) is 0. The van der Waals surface area contributed by atoms with Crippen LogP contribution >= 0.6 is 0 Å². The third-order valence-electron chi connectivity index (χ3n) is 2.13. The highest BCUT2D eigenvalue weighted by Gasteiger charge is 1.95. The molecule has 0 aliphatic rings. The first-order chi connectivity index (χ1) is 6.90. The first-order valence-electron chi connectivity index (χ1n) is 4.47. The van der Waals surface area contributed by atoms with Gasteiger partial charge in [0.15, 0.2) is 0 Å². The van der Waals surface area contributed by atoms with Crippen LogP contribution in [-0.4, -0.2) is 0 Å².